The summed E-state index contributed by atoms with van der Waals surface area (Å²) in [6, 6.07) is 15.1. The van der Waals surface area contributed by atoms with Crippen molar-refractivity contribution >= 4 is 10.9 Å². The van der Waals surface area contributed by atoms with E-state index in [1.54, 1.807) is 0 Å². The number of pyridine rings is 1. The summed E-state index contributed by atoms with van der Waals surface area (Å²) < 4.78 is 2.12. The molecule has 0 bridgehead atoms. The first-order valence-electron chi connectivity index (χ1n) is 8.81. The lowest BCUT2D eigenvalue weighted by atomic mass is 9.95. The van der Waals surface area contributed by atoms with E-state index < -0.39 is 0 Å². The minimum Gasteiger partial charge on any atom is -0.265 e. The summed E-state index contributed by atoms with van der Waals surface area (Å²) in [5.74, 6) is 0. The van der Waals surface area contributed by atoms with Crippen LogP contribution < -0.4 is 4.57 Å². The van der Waals surface area contributed by atoms with E-state index in [1.807, 2.05) is 30.9 Å². The SMILES string of the molecule is Cc1cc(C)c(C)c(-c2c3ccc(-c4ccncc4)cc3nc[n+]2C)c1. The van der Waals surface area contributed by atoms with Crippen LogP contribution in [0.5, 0.6) is 0 Å². The highest BCUT2D eigenvalue weighted by molar-refractivity contribution is 5.94. The number of hydrogen-bond donors (Lipinski definition) is 0. The van der Waals surface area contributed by atoms with E-state index in [-0.39, 0.29) is 0 Å². The number of hydrogen-bond acceptors (Lipinski definition) is 2. The first-order chi connectivity index (χ1) is 12.5. The number of aryl methyl sites for hydroxylation is 3. The van der Waals surface area contributed by atoms with E-state index in [4.69, 9.17) is 0 Å². The molecule has 0 atom stereocenters. The van der Waals surface area contributed by atoms with Crippen LogP contribution in [0.25, 0.3) is 33.3 Å². The maximum Gasteiger partial charge on any atom is 0.287 e. The number of fused-ring (bicyclic) bond motifs is 1. The van der Waals surface area contributed by atoms with Gasteiger partial charge in [-0.1, -0.05) is 17.7 Å². The summed E-state index contributed by atoms with van der Waals surface area (Å²) in [4.78, 5) is 8.78. The fourth-order valence-electron chi connectivity index (χ4n) is 3.58. The first-order valence-corrected chi connectivity index (χ1v) is 8.81. The zero-order valence-corrected chi connectivity index (χ0v) is 15.6. The van der Waals surface area contributed by atoms with Gasteiger partial charge in [-0.2, -0.15) is 0 Å². The van der Waals surface area contributed by atoms with Crippen molar-refractivity contribution in [3.05, 3.63) is 77.9 Å². The fourth-order valence-corrected chi connectivity index (χ4v) is 3.58. The Kier molecular flexibility index (Phi) is 4.00. The van der Waals surface area contributed by atoms with Crippen LogP contribution in [0, 0.1) is 20.8 Å². The van der Waals surface area contributed by atoms with Crippen molar-refractivity contribution < 1.29 is 4.57 Å². The molecule has 128 valence electrons. The Morgan fingerprint density at radius 3 is 2.38 bits per heavy atom. The third kappa shape index (κ3) is 2.76. The minimum atomic E-state index is 1.01. The van der Waals surface area contributed by atoms with Crippen molar-refractivity contribution in [2.24, 2.45) is 7.05 Å². The van der Waals surface area contributed by atoms with Crippen molar-refractivity contribution in [1.82, 2.24) is 9.97 Å². The average molecular weight is 340 g/mol. The fraction of sp³-hybridized carbons (Fsp3) is 0.174. The van der Waals surface area contributed by atoms with Gasteiger partial charge in [0.25, 0.3) is 6.33 Å². The second kappa shape index (κ2) is 6.34. The van der Waals surface area contributed by atoms with Crippen LogP contribution in [0.2, 0.25) is 0 Å². The molecule has 0 aliphatic carbocycles. The smallest absolute Gasteiger partial charge is 0.265 e. The molecule has 2 aromatic carbocycles. The molecule has 0 aliphatic rings. The molecule has 0 saturated carbocycles. The molecule has 2 heterocycles. The Hall–Kier alpha value is -3.07. The van der Waals surface area contributed by atoms with Gasteiger partial charge in [-0.15, -0.1) is 0 Å². The van der Waals surface area contributed by atoms with Crippen LogP contribution in [0.4, 0.5) is 0 Å². The van der Waals surface area contributed by atoms with Gasteiger partial charge in [0.2, 0.25) is 0 Å². The van der Waals surface area contributed by atoms with Gasteiger partial charge in [0.15, 0.2) is 5.52 Å². The van der Waals surface area contributed by atoms with Crippen LogP contribution in [0.1, 0.15) is 16.7 Å². The zero-order chi connectivity index (χ0) is 18.3. The molecule has 3 heteroatoms. The molecule has 26 heavy (non-hydrogen) atoms. The lowest BCUT2D eigenvalue weighted by Crippen LogP contribution is -2.32. The van der Waals surface area contributed by atoms with Crippen molar-refractivity contribution in [2.75, 3.05) is 0 Å². The Morgan fingerprint density at radius 1 is 0.846 bits per heavy atom. The van der Waals surface area contributed by atoms with Crippen molar-refractivity contribution in [1.29, 1.82) is 0 Å². The summed E-state index contributed by atoms with van der Waals surface area (Å²) in [6.45, 7) is 6.53. The second-order valence-electron chi connectivity index (χ2n) is 6.93. The molecule has 4 rings (SSSR count). The number of rotatable bonds is 2. The average Bonchev–Trinajstić information content (AvgIpc) is 2.65. The van der Waals surface area contributed by atoms with E-state index in [0.29, 0.717) is 0 Å². The molecule has 0 amide bonds. The van der Waals surface area contributed by atoms with E-state index in [1.165, 1.54) is 33.3 Å². The van der Waals surface area contributed by atoms with Crippen molar-refractivity contribution in [3.63, 3.8) is 0 Å². The summed E-state index contributed by atoms with van der Waals surface area (Å²) >= 11 is 0. The zero-order valence-electron chi connectivity index (χ0n) is 15.6. The molecular formula is C23H22N3+. The summed E-state index contributed by atoms with van der Waals surface area (Å²) in [5.41, 5.74) is 9.71. The van der Waals surface area contributed by atoms with Crippen LogP contribution in [-0.4, -0.2) is 9.97 Å². The van der Waals surface area contributed by atoms with E-state index in [0.717, 1.165) is 16.6 Å². The summed E-state index contributed by atoms with van der Waals surface area (Å²) in [6.07, 6.45) is 5.55. The maximum absolute atomic E-state index is 4.67. The highest BCUT2D eigenvalue weighted by Gasteiger charge is 2.18. The molecule has 2 aromatic heterocycles. The van der Waals surface area contributed by atoms with Gasteiger partial charge in [-0.3, -0.25) is 4.98 Å². The Balaban J connectivity index is 1.98. The van der Waals surface area contributed by atoms with Gasteiger partial charge in [-0.05, 0) is 78.3 Å². The highest BCUT2D eigenvalue weighted by Crippen LogP contribution is 2.31. The molecule has 0 saturated heterocycles. The van der Waals surface area contributed by atoms with Crippen LogP contribution in [0.3, 0.4) is 0 Å². The predicted octanol–water partition coefficient (Wildman–Crippen LogP) is 4.71. The topological polar surface area (TPSA) is 29.7 Å². The van der Waals surface area contributed by atoms with Crippen LogP contribution in [-0.2, 0) is 7.05 Å². The standard InChI is InChI=1S/C23H22N3/c1-15-11-16(2)17(3)21(12-15)23-20-6-5-19(18-7-9-24-10-8-18)13-22(20)25-14-26(23)4/h5-14H,1-4H3/q+1. The van der Waals surface area contributed by atoms with Gasteiger partial charge < -0.3 is 0 Å². The highest BCUT2D eigenvalue weighted by atomic mass is 15.0. The molecular weight excluding hydrogens is 318 g/mol. The monoisotopic (exact) mass is 340 g/mol. The predicted molar refractivity (Wildman–Crippen MR) is 106 cm³/mol. The van der Waals surface area contributed by atoms with E-state index >= 15 is 0 Å². The van der Waals surface area contributed by atoms with E-state index in [9.17, 15) is 0 Å². The second-order valence-corrected chi connectivity index (χ2v) is 6.93. The minimum absolute atomic E-state index is 1.01. The Bertz CT molecular complexity index is 1120. The lowest BCUT2D eigenvalue weighted by molar-refractivity contribution is -0.662. The Morgan fingerprint density at radius 2 is 1.62 bits per heavy atom. The van der Waals surface area contributed by atoms with Crippen LogP contribution >= 0.6 is 0 Å². The summed E-state index contributed by atoms with van der Waals surface area (Å²) in [5, 5.41) is 1.17. The molecule has 0 spiro atoms. The van der Waals surface area contributed by atoms with Crippen molar-refractivity contribution in [3.8, 4) is 22.4 Å². The van der Waals surface area contributed by atoms with Gasteiger partial charge in [0, 0.05) is 18.0 Å². The first kappa shape index (κ1) is 16.4. The van der Waals surface area contributed by atoms with E-state index in [2.05, 4.69) is 72.7 Å². The van der Waals surface area contributed by atoms with Gasteiger partial charge in [0.05, 0.1) is 12.4 Å². The molecule has 0 radical (unpaired) electrons. The van der Waals surface area contributed by atoms with Gasteiger partial charge in [0.1, 0.15) is 5.69 Å². The molecule has 0 fully saturated rings. The third-order valence-corrected chi connectivity index (χ3v) is 5.06. The lowest BCUT2D eigenvalue weighted by Gasteiger charge is -2.12. The van der Waals surface area contributed by atoms with Gasteiger partial charge >= 0.3 is 0 Å². The Labute approximate surface area is 154 Å². The third-order valence-electron chi connectivity index (χ3n) is 5.06. The number of benzene rings is 2. The quantitative estimate of drug-likeness (QED) is 0.495. The molecule has 0 unspecified atom stereocenters. The molecule has 0 N–H and O–H groups in total. The van der Waals surface area contributed by atoms with Gasteiger partial charge in [-0.25, -0.2) is 4.57 Å². The summed E-state index contributed by atoms with van der Waals surface area (Å²) in [7, 11) is 2.07. The molecule has 3 nitrogen and oxygen atoms in total. The number of aromatic nitrogens is 3. The normalized spacial score (nSPS) is 11.1. The maximum atomic E-state index is 4.67. The number of nitrogens with zero attached hydrogens (tertiary/aromatic N) is 3. The van der Waals surface area contributed by atoms with Crippen molar-refractivity contribution in [2.45, 2.75) is 20.8 Å². The molecule has 0 aliphatic heterocycles. The largest absolute Gasteiger partial charge is 0.287 e. The van der Waals surface area contributed by atoms with Crippen LogP contribution in [0.15, 0.2) is 61.2 Å². The molecule has 4 aromatic rings.